The maximum absolute atomic E-state index is 12.6. The molecule has 120 valence electrons. The normalized spacial score (nSPS) is 21.5. The third-order valence-electron chi connectivity index (χ3n) is 4.41. The second kappa shape index (κ2) is 6.57. The molecule has 2 aliphatic heterocycles. The summed E-state index contributed by atoms with van der Waals surface area (Å²) in [6, 6.07) is 6.12. The fraction of sp³-hybridized carbons (Fsp3) is 0.588. The molecule has 1 saturated heterocycles. The summed E-state index contributed by atoms with van der Waals surface area (Å²) in [4.78, 5) is 16.7. The first-order valence-electron chi connectivity index (χ1n) is 7.99. The van der Waals surface area contributed by atoms with Crippen LogP contribution in [0.5, 0.6) is 5.75 Å². The summed E-state index contributed by atoms with van der Waals surface area (Å²) < 4.78 is 11.0. The third-order valence-corrected chi connectivity index (χ3v) is 4.41. The Labute approximate surface area is 131 Å². The van der Waals surface area contributed by atoms with Gasteiger partial charge in [-0.15, -0.1) is 0 Å². The van der Waals surface area contributed by atoms with Crippen LogP contribution in [-0.4, -0.2) is 56.8 Å². The van der Waals surface area contributed by atoms with Gasteiger partial charge in [0.2, 0.25) is 5.91 Å². The van der Waals surface area contributed by atoms with Gasteiger partial charge < -0.3 is 19.3 Å². The number of ether oxygens (including phenoxy) is 2. The maximum atomic E-state index is 12.6. The van der Waals surface area contributed by atoms with Gasteiger partial charge in [0, 0.05) is 19.6 Å². The van der Waals surface area contributed by atoms with E-state index in [1.165, 1.54) is 5.56 Å². The minimum atomic E-state index is 0.126. The lowest BCUT2D eigenvalue weighted by molar-refractivity contribution is -0.136. The molecule has 0 saturated carbocycles. The molecule has 1 amide bonds. The number of hydrogen-bond acceptors (Lipinski definition) is 4. The van der Waals surface area contributed by atoms with Crippen LogP contribution in [0.25, 0.3) is 0 Å². The zero-order valence-electron chi connectivity index (χ0n) is 13.4. The molecule has 0 bridgehead atoms. The highest BCUT2D eigenvalue weighted by Crippen LogP contribution is 2.35. The van der Waals surface area contributed by atoms with Crippen LogP contribution in [0.3, 0.4) is 0 Å². The van der Waals surface area contributed by atoms with E-state index < -0.39 is 0 Å². The highest BCUT2D eigenvalue weighted by molar-refractivity contribution is 5.83. The second-order valence-corrected chi connectivity index (χ2v) is 6.01. The number of amides is 1. The van der Waals surface area contributed by atoms with Crippen molar-refractivity contribution >= 4 is 11.6 Å². The number of carbonyl (C=O) groups is 1. The van der Waals surface area contributed by atoms with E-state index in [0.29, 0.717) is 26.2 Å². The maximum Gasteiger partial charge on any atom is 0.242 e. The second-order valence-electron chi connectivity index (χ2n) is 6.01. The summed E-state index contributed by atoms with van der Waals surface area (Å²) in [7, 11) is 1.69. The Morgan fingerprint density at radius 1 is 1.41 bits per heavy atom. The topological polar surface area (TPSA) is 42.0 Å². The highest BCUT2D eigenvalue weighted by Gasteiger charge is 2.26. The Kier molecular flexibility index (Phi) is 4.52. The van der Waals surface area contributed by atoms with Gasteiger partial charge in [-0.1, -0.05) is 12.1 Å². The number of fused-ring (bicyclic) bond motifs is 1. The van der Waals surface area contributed by atoms with Crippen LogP contribution in [0.4, 0.5) is 5.69 Å². The van der Waals surface area contributed by atoms with E-state index >= 15 is 0 Å². The number of aryl methyl sites for hydroxylation is 1. The van der Waals surface area contributed by atoms with Crippen molar-refractivity contribution in [3.05, 3.63) is 23.8 Å². The van der Waals surface area contributed by atoms with Crippen molar-refractivity contribution in [2.75, 3.05) is 44.8 Å². The van der Waals surface area contributed by atoms with Crippen LogP contribution < -0.4 is 9.64 Å². The van der Waals surface area contributed by atoms with Crippen molar-refractivity contribution < 1.29 is 14.3 Å². The molecule has 1 aromatic rings. The van der Waals surface area contributed by atoms with Crippen LogP contribution >= 0.6 is 0 Å². The van der Waals surface area contributed by atoms with Gasteiger partial charge in [0.05, 0.1) is 32.1 Å². The molecule has 2 heterocycles. The third kappa shape index (κ3) is 3.04. The Balaban J connectivity index is 1.75. The number of benzene rings is 1. The average molecular weight is 304 g/mol. The molecule has 2 aliphatic rings. The first-order valence-corrected chi connectivity index (χ1v) is 7.99. The van der Waals surface area contributed by atoms with Gasteiger partial charge in [-0.25, -0.2) is 0 Å². The van der Waals surface area contributed by atoms with Crippen LogP contribution in [0.2, 0.25) is 0 Å². The van der Waals surface area contributed by atoms with E-state index in [-0.39, 0.29) is 12.0 Å². The molecule has 1 fully saturated rings. The molecule has 0 aliphatic carbocycles. The summed E-state index contributed by atoms with van der Waals surface area (Å²) >= 11 is 0. The van der Waals surface area contributed by atoms with Crippen LogP contribution in [0.15, 0.2) is 18.2 Å². The van der Waals surface area contributed by atoms with Crippen molar-refractivity contribution in [2.45, 2.75) is 25.9 Å². The number of anilines is 1. The Hall–Kier alpha value is -1.75. The zero-order chi connectivity index (χ0) is 15.5. The van der Waals surface area contributed by atoms with E-state index in [1.807, 2.05) is 24.0 Å². The van der Waals surface area contributed by atoms with E-state index in [0.717, 1.165) is 30.8 Å². The number of carbonyl (C=O) groups excluding carboxylic acids is 1. The summed E-state index contributed by atoms with van der Waals surface area (Å²) in [6.45, 7) is 5.34. The molecule has 5 nitrogen and oxygen atoms in total. The summed E-state index contributed by atoms with van der Waals surface area (Å²) in [5.74, 6) is 1.04. The number of rotatable bonds is 3. The van der Waals surface area contributed by atoms with Crippen molar-refractivity contribution in [1.29, 1.82) is 0 Å². The van der Waals surface area contributed by atoms with Gasteiger partial charge >= 0.3 is 0 Å². The molecule has 0 unspecified atom stereocenters. The molecule has 1 atom stereocenters. The SMILES string of the molecule is COc1cccc2c1N(CC(=O)N1CCO[C@H](C)C1)CCC2. The number of nitrogens with zero attached hydrogens (tertiary/aromatic N) is 2. The molecule has 3 rings (SSSR count). The van der Waals surface area contributed by atoms with Crippen molar-refractivity contribution in [1.82, 2.24) is 4.90 Å². The first kappa shape index (κ1) is 15.2. The molecule has 5 heteroatoms. The van der Waals surface area contributed by atoms with Crippen LogP contribution in [0.1, 0.15) is 18.9 Å². The fourth-order valence-corrected chi connectivity index (χ4v) is 3.33. The van der Waals surface area contributed by atoms with Gasteiger partial charge in [-0.2, -0.15) is 0 Å². The lowest BCUT2D eigenvalue weighted by Crippen LogP contribution is -2.49. The molecule has 1 aromatic carbocycles. The number of methoxy groups -OCH3 is 1. The highest BCUT2D eigenvalue weighted by atomic mass is 16.5. The number of hydrogen-bond donors (Lipinski definition) is 0. The molecule has 0 radical (unpaired) electrons. The lowest BCUT2D eigenvalue weighted by Gasteiger charge is -2.36. The fourth-order valence-electron chi connectivity index (χ4n) is 3.33. The van der Waals surface area contributed by atoms with E-state index in [2.05, 4.69) is 11.0 Å². The van der Waals surface area contributed by atoms with Crippen LogP contribution in [0, 0.1) is 0 Å². The summed E-state index contributed by atoms with van der Waals surface area (Å²) in [5, 5.41) is 0. The summed E-state index contributed by atoms with van der Waals surface area (Å²) in [6.07, 6.45) is 2.25. The van der Waals surface area contributed by atoms with Gasteiger partial charge in [-0.05, 0) is 31.4 Å². The van der Waals surface area contributed by atoms with Gasteiger partial charge in [-0.3, -0.25) is 4.79 Å². The number of morpholine rings is 1. The monoisotopic (exact) mass is 304 g/mol. The van der Waals surface area contributed by atoms with E-state index in [9.17, 15) is 4.79 Å². The van der Waals surface area contributed by atoms with Gasteiger partial charge in [0.1, 0.15) is 5.75 Å². The first-order chi connectivity index (χ1) is 10.7. The van der Waals surface area contributed by atoms with Crippen LogP contribution in [-0.2, 0) is 16.0 Å². The quantitative estimate of drug-likeness (QED) is 0.852. The predicted octanol–water partition coefficient (Wildman–Crippen LogP) is 1.70. The minimum absolute atomic E-state index is 0.126. The van der Waals surface area contributed by atoms with Crippen molar-refractivity contribution in [3.8, 4) is 5.75 Å². The van der Waals surface area contributed by atoms with Gasteiger partial charge in [0.25, 0.3) is 0 Å². The lowest BCUT2D eigenvalue weighted by atomic mass is 10.0. The van der Waals surface area contributed by atoms with Crippen molar-refractivity contribution in [3.63, 3.8) is 0 Å². The molecular formula is C17H24N2O3. The molecular weight excluding hydrogens is 280 g/mol. The molecule has 22 heavy (non-hydrogen) atoms. The number of para-hydroxylation sites is 1. The largest absolute Gasteiger partial charge is 0.495 e. The average Bonchev–Trinajstić information content (AvgIpc) is 2.54. The summed E-state index contributed by atoms with van der Waals surface area (Å²) in [5.41, 5.74) is 2.36. The Bertz CT molecular complexity index is 532. The predicted molar refractivity (Wildman–Crippen MR) is 85.5 cm³/mol. The standard InChI is InChI=1S/C17H24N2O3/c1-13-11-18(9-10-22-13)16(20)12-19-8-4-6-14-5-3-7-15(21-2)17(14)19/h3,5,7,13H,4,6,8-12H2,1-2H3/t13-/m1/s1. The Morgan fingerprint density at radius 3 is 3.05 bits per heavy atom. The van der Waals surface area contributed by atoms with Gasteiger partial charge in [0.15, 0.2) is 0 Å². The Morgan fingerprint density at radius 2 is 2.27 bits per heavy atom. The van der Waals surface area contributed by atoms with E-state index in [1.54, 1.807) is 7.11 Å². The smallest absolute Gasteiger partial charge is 0.242 e. The molecule has 0 aromatic heterocycles. The minimum Gasteiger partial charge on any atom is -0.495 e. The van der Waals surface area contributed by atoms with E-state index in [4.69, 9.17) is 9.47 Å². The van der Waals surface area contributed by atoms with Crippen molar-refractivity contribution in [2.24, 2.45) is 0 Å². The molecule has 0 spiro atoms. The zero-order valence-corrected chi connectivity index (χ0v) is 13.4. The molecule has 0 N–H and O–H groups in total.